The molecule has 2 aromatic carbocycles. The highest BCUT2D eigenvalue weighted by Crippen LogP contribution is 2.40. The van der Waals surface area contributed by atoms with Gasteiger partial charge in [0.05, 0.1) is 26.7 Å². The van der Waals surface area contributed by atoms with Crippen LogP contribution in [0.15, 0.2) is 42.5 Å². The summed E-state index contributed by atoms with van der Waals surface area (Å²) in [5.74, 6) is -0.346. The van der Waals surface area contributed by atoms with Gasteiger partial charge in [-0.15, -0.1) is 0 Å². The van der Waals surface area contributed by atoms with Crippen LogP contribution in [0.4, 0.5) is 4.39 Å². The maximum absolute atomic E-state index is 13.3. The molecule has 0 saturated carbocycles. The van der Waals surface area contributed by atoms with Gasteiger partial charge in [0, 0.05) is 43.8 Å². The van der Waals surface area contributed by atoms with Crippen LogP contribution in [0.2, 0.25) is 0 Å². The van der Waals surface area contributed by atoms with Crippen LogP contribution in [0.1, 0.15) is 21.8 Å². The molecule has 1 N–H and O–H groups in total. The Hall–Kier alpha value is -3.13. The summed E-state index contributed by atoms with van der Waals surface area (Å²) in [5, 5.41) is 2.87. The Kier molecular flexibility index (Phi) is 7.46. The number of nitrogens with zero attached hydrogens (tertiary/aromatic N) is 1. The van der Waals surface area contributed by atoms with Gasteiger partial charge in [0.1, 0.15) is 17.3 Å². The summed E-state index contributed by atoms with van der Waals surface area (Å²) in [4.78, 5) is 27.6. The van der Waals surface area contributed by atoms with Crippen molar-refractivity contribution < 1.29 is 28.2 Å². The lowest BCUT2D eigenvalue weighted by Crippen LogP contribution is -2.37. The van der Waals surface area contributed by atoms with Crippen LogP contribution < -0.4 is 14.8 Å². The van der Waals surface area contributed by atoms with Crippen LogP contribution in [0.3, 0.4) is 0 Å². The van der Waals surface area contributed by atoms with E-state index in [-0.39, 0.29) is 24.3 Å². The van der Waals surface area contributed by atoms with Crippen molar-refractivity contribution in [2.75, 3.05) is 47.6 Å². The Morgan fingerprint density at radius 3 is 2.45 bits per heavy atom. The molecule has 1 aliphatic heterocycles. The number of likely N-dealkylation sites (tertiary alicyclic amines) is 1. The average Bonchev–Trinajstić information content (AvgIpc) is 3.24. The molecule has 166 valence electrons. The van der Waals surface area contributed by atoms with Gasteiger partial charge in [-0.3, -0.25) is 9.59 Å². The molecule has 2 aromatic rings. The molecule has 7 nitrogen and oxygen atoms in total. The maximum atomic E-state index is 13.3. The van der Waals surface area contributed by atoms with Crippen molar-refractivity contribution in [3.63, 3.8) is 0 Å². The van der Waals surface area contributed by atoms with Gasteiger partial charge < -0.3 is 24.4 Å². The van der Waals surface area contributed by atoms with Gasteiger partial charge in [-0.1, -0.05) is 0 Å². The van der Waals surface area contributed by atoms with Gasteiger partial charge in [-0.2, -0.15) is 0 Å². The number of halogens is 1. The first-order valence-electron chi connectivity index (χ1n) is 10.0. The van der Waals surface area contributed by atoms with E-state index in [0.29, 0.717) is 36.8 Å². The maximum Gasteiger partial charge on any atom is 0.253 e. The van der Waals surface area contributed by atoms with Gasteiger partial charge >= 0.3 is 0 Å². The summed E-state index contributed by atoms with van der Waals surface area (Å²) in [6.45, 7) is 1.33. The van der Waals surface area contributed by atoms with Crippen molar-refractivity contribution in [3.05, 3.63) is 59.4 Å². The number of hydrogen-bond acceptors (Lipinski definition) is 5. The minimum Gasteiger partial charge on any atom is -0.497 e. The van der Waals surface area contributed by atoms with Crippen LogP contribution in [0.5, 0.6) is 11.5 Å². The lowest BCUT2D eigenvalue weighted by Gasteiger charge is -2.21. The summed E-state index contributed by atoms with van der Waals surface area (Å²) >= 11 is 0. The number of hydrogen-bond donors (Lipinski definition) is 1. The zero-order chi connectivity index (χ0) is 22.4. The highest BCUT2D eigenvalue weighted by atomic mass is 19.1. The molecule has 1 heterocycles. The average molecular weight is 430 g/mol. The molecular weight excluding hydrogens is 403 g/mol. The number of rotatable bonds is 8. The molecule has 1 fully saturated rings. The van der Waals surface area contributed by atoms with E-state index < -0.39 is 11.7 Å². The minimum atomic E-state index is -0.484. The summed E-state index contributed by atoms with van der Waals surface area (Å²) in [6, 6.07) is 10.8. The quantitative estimate of drug-likeness (QED) is 0.651. The van der Waals surface area contributed by atoms with Gasteiger partial charge in [-0.05, 0) is 42.5 Å². The first-order valence-corrected chi connectivity index (χ1v) is 10.0. The monoisotopic (exact) mass is 430 g/mol. The molecule has 0 spiro atoms. The van der Waals surface area contributed by atoms with E-state index in [9.17, 15) is 14.0 Å². The molecule has 0 bridgehead atoms. The lowest BCUT2D eigenvalue weighted by atomic mass is 9.87. The number of methoxy groups -OCH3 is 3. The molecular formula is C23H27FN2O5. The zero-order valence-electron chi connectivity index (χ0n) is 17.9. The fraction of sp³-hybridized carbons (Fsp3) is 0.391. The van der Waals surface area contributed by atoms with Gasteiger partial charge in [0.2, 0.25) is 5.91 Å². The fourth-order valence-electron chi connectivity index (χ4n) is 3.86. The van der Waals surface area contributed by atoms with Crippen LogP contribution in [0.25, 0.3) is 0 Å². The lowest BCUT2D eigenvalue weighted by molar-refractivity contribution is -0.125. The second kappa shape index (κ2) is 10.3. The predicted molar refractivity (Wildman–Crippen MR) is 113 cm³/mol. The van der Waals surface area contributed by atoms with Gasteiger partial charge in [-0.25, -0.2) is 4.39 Å². The van der Waals surface area contributed by atoms with Gasteiger partial charge in [0.15, 0.2) is 0 Å². The van der Waals surface area contributed by atoms with E-state index in [0.717, 1.165) is 5.56 Å². The van der Waals surface area contributed by atoms with Crippen molar-refractivity contribution >= 4 is 11.8 Å². The summed E-state index contributed by atoms with van der Waals surface area (Å²) in [7, 11) is 4.70. The normalized spacial score (nSPS) is 18.0. The molecule has 3 rings (SSSR count). The largest absolute Gasteiger partial charge is 0.497 e. The topological polar surface area (TPSA) is 77.1 Å². The number of amides is 2. The molecule has 0 unspecified atom stereocenters. The Morgan fingerprint density at radius 1 is 1.06 bits per heavy atom. The van der Waals surface area contributed by atoms with E-state index in [1.54, 1.807) is 38.4 Å². The molecule has 1 saturated heterocycles. The second-order valence-corrected chi connectivity index (χ2v) is 7.32. The van der Waals surface area contributed by atoms with Crippen LogP contribution in [-0.4, -0.2) is 64.3 Å². The SMILES string of the molecule is COCCNC(=O)[C@@H]1CN(C(=O)c2ccc(F)cc2)C[C@@H]1c1cc(OC)ccc1OC. The standard InChI is InChI=1S/C23H27FN2O5/c1-29-11-10-25-22(27)20-14-26(23(28)15-4-6-16(24)7-5-15)13-19(20)18-12-17(30-2)8-9-21(18)31-3/h4-9,12,19-20H,10-11,13-14H2,1-3H3,(H,25,27)/t19-,20-/m1/s1. The zero-order valence-corrected chi connectivity index (χ0v) is 17.9. The highest BCUT2D eigenvalue weighted by molar-refractivity contribution is 5.95. The summed E-state index contributed by atoms with van der Waals surface area (Å²) in [5.41, 5.74) is 1.17. The van der Waals surface area contributed by atoms with Crippen molar-refractivity contribution in [2.24, 2.45) is 5.92 Å². The minimum absolute atomic E-state index is 0.165. The molecule has 0 radical (unpaired) electrons. The van der Waals surface area contributed by atoms with E-state index in [1.165, 1.54) is 24.3 Å². The molecule has 2 amide bonds. The second-order valence-electron chi connectivity index (χ2n) is 7.32. The third-order valence-corrected chi connectivity index (χ3v) is 5.48. The molecule has 0 aliphatic carbocycles. The van der Waals surface area contributed by atoms with Crippen molar-refractivity contribution in [3.8, 4) is 11.5 Å². The first kappa shape index (κ1) is 22.6. The molecule has 2 atom stereocenters. The van der Waals surface area contributed by atoms with E-state index in [1.807, 2.05) is 6.07 Å². The Bertz CT molecular complexity index is 919. The summed E-state index contributed by atoms with van der Waals surface area (Å²) in [6.07, 6.45) is 0. The number of ether oxygens (including phenoxy) is 3. The Morgan fingerprint density at radius 2 is 1.81 bits per heavy atom. The first-order chi connectivity index (χ1) is 15.0. The molecule has 1 aliphatic rings. The van der Waals surface area contributed by atoms with E-state index in [2.05, 4.69) is 5.32 Å². The third-order valence-electron chi connectivity index (χ3n) is 5.48. The van der Waals surface area contributed by atoms with E-state index >= 15 is 0 Å². The van der Waals surface area contributed by atoms with Crippen LogP contribution in [0, 0.1) is 11.7 Å². The molecule has 31 heavy (non-hydrogen) atoms. The molecule has 0 aromatic heterocycles. The number of carbonyl (C=O) groups excluding carboxylic acids is 2. The van der Waals surface area contributed by atoms with Gasteiger partial charge in [0.25, 0.3) is 5.91 Å². The Labute approximate surface area is 181 Å². The Balaban J connectivity index is 1.91. The number of nitrogens with one attached hydrogen (secondary N) is 1. The van der Waals surface area contributed by atoms with Crippen LogP contribution in [-0.2, 0) is 9.53 Å². The highest BCUT2D eigenvalue weighted by Gasteiger charge is 2.41. The number of benzene rings is 2. The van der Waals surface area contributed by atoms with Crippen molar-refractivity contribution in [1.82, 2.24) is 10.2 Å². The third kappa shape index (κ3) is 5.14. The molecule has 8 heteroatoms. The van der Waals surface area contributed by atoms with Crippen molar-refractivity contribution in [2.45, 2.75) is 5.92 Å². The van der Waals surface area contributed by atoms with Crippen LogP contribution >= 0.6 is 0 Å². The van der Waals surface area contributed by atoms with Crippen molar-refractivity contribution in [1.29, 1.82) is 0 Å². The van der Waals surface area contributed by atoms with E-state index in [4.69, 9.17) is 14.2 Å². The number of carbonyl (C=O) groups is 2. The summed E-state index contributed by atoms with van der Waals surface area (Å²) < 4.78 is 29.2. The smallest absolute Gasteiger partial charge is 0.253 e. The predicted octanol–water partition coefficient (Wildman–Crippen LogP) is 2.46. The fourth-order valence-corrected chi connectivity index (χ4v) is 3.86.